The average molecular weight is 495 g/mol. The van der Waals surface area contributed by atoms with E-state index in [4.69, 9.17) is 16.3 Å². The Hall–Kier alpha value is -3.20. The minimum Gasteiger partial charge on any atom is -0.505 e. The van der Waals surface area contributed by atoms with Gasteiger partial charge in [0.15, 0.2) is 5.76 Å². The van der Waals surface area contributed by atoms with Crippen molar-refractivity contribution in [1.82, 2.24) is 19.2 Å². The third kappa shape index (κ3) is 4.22. The molecule has 2 aliphatic rings. The molecule has 4 heterocycles. The van der Waals surface area contributed by atoms with Gasteiger partial charge < -0.3 is 14.7 Å². The van der Waals surface area contributed by atoms with Gasteiger partial charge >= 0.3 is 0 Å². The molecule has 3 aromatic rings. The van der Waals surface area contributed by atoms with Gasteiger partial charge in [-0.1, -0.05) is 29.8 Å². The minimum absolute atomic E-state index is 0.0608. The summed E-state index contributed by atoms with van der Waals surface area (Å²) in [5.41, 5.74) is 3.39. The lowest BCUT2D eigenvalue weighted by Gasteiger charge is -2.31. The smallest absolute Gasteiger partial charge is 0.295 e. The second-order valence-electron chi connectivity index (χ2n) is 8.93. The van der Waals surface area contributed by atoms with E-state index in [2.05, 4.69) is 9.88 Å². The van der Waals surface area contributed by atoms with Crippen LogP contribution in [0.4, 0.5) is 0 Å². The van der Waals surface area contributed by atoms with Gasteiger partial charge in [0.05, 0.1) is 30.5 Å². The van der Waals surface area contributed by atoms with Crippen LogP contribution in [0.1, 0.15) is 28.6 Å². The number of Topliss-reactive ketones (excluding diaryl/α,β-unsaturated/α-hetero) is 1. The maximum absolute atomic E-state index is 13.4. The van der Waals surface area contributed by atoms with Crippen molar-refractivity contribution >= 4 is 34.7 Å². The number of benzene rings is 1. The zero-order valence-electron chi connectivity index (χ0n) is 19.7. The van der Waals surface area contributed by atoms with E-state index in [1.54, 1.807) is 46.7 Å². The van der Waals surface area contributed by atoms with E-state index < -0.39 is 17.7 Å². The van der Waals surface area contributed by atoms with Crippen LogP contribution >= 0.6 is 11.6 Å². The molecule has 0 bridgehead atoms. The van der Waals surface area contributed by atoms with Gasteiger partial charge in [-0.05, 0) is 43.2 Å². The minimum atomic E-state index is -0.733. The predicted molar refractivity (Wildman–Crippen MR) is 132 cm³/mol. The number of nitrogens with zero attached hydrogens (tertiary/aromatic N) is 4. The number of imidazole rings is 1. The second kappa shape index (κ2) is 9.45. The van der Waals surface area contributed by atoms with Gasteiger partial charge in [-0.2, -0.15) is 0 Å². The number of hydrogen-bond acceptors (Lipinski definition) is 6. The molecular formula is C26H27ClN4O4. The van der Waals surface area contributed by atoms with Crippen molar-refractivity contribution in [2.45, 2.75) is 19.9 Å². The lowest BCUT2D eigenvalue weighted by atomic mass is 9.96. The van der Waals surface area contributed by atoms with Gasteiger partial charge in [-0.15, -0.1) is 0 Å². The normalized spacial score (nSPS) is 20.8. The van der Waals surface area contributed by atoms with Crippen LogP contribution in [0.15, 0.2) is 48.2 Å². The number of carbonyl (C=O) groups excluding carboxylic acids is 2. The molecule has 1 N–H and O–H groups in total. The fourth-order valence-electron chi connectivity index (χ4n) is 4.91. The molecule has 1 aromatic carbocycles. The van der Waals surface area contributed by atoms with Crippen molar-refractivity contribution in [3.05, 3.63) is 75.7 Å². The number of amides is 1. The Morgan fingerprint density at radius 2 is 1.83 bits per heavy atom. The highest BCUT2D eigenvalue weighted by Crippen LogP contribution is 2.40. The Balaban J connectivity index is 1.62. The van der Waals surface area contributed by atoms with Crippen LogP contribution in [0.25, 0.3) is 11.4 Å². The van der Waals surface area contributed by atoms with E-state index in [-0.39, 0.29) is 11.3 Å². The number of fused-ring (bicyclic) bond motifs is 1. The molecule has 0 radical (unpaired) electrons. The molecule has 0 unspecified atom stereocenters. The van der Waals surface area contributed by atoms with Crippen molar-refractivity contribution < 1.29 is 19.4 Å². The van der Waals surface area contributed by atoms with Gasteiger partial charge in [-0.25, -0.2) is 4.98 Å². The highest BCUT2D eigenvalue weighted by Gasteiger charge is 2.46. The summed E-state index contributed by atoms with van der Waals surface area (Å²) in [5.74, 6) is -1.55. The van der Waals surface area contributed by atoms with E-state index in [0.717, 1.165) is 18.7 Å². The van der Waals surface area contributed by atoms with Crippen molar-refractivity contribution in [2.24, 2.45) is 0 Å². The second-order valence-corrected chi connectivity index (χ2v) is 9.37. The molecule has 35 heavy (non-hydrogen) atoms. The number of morpholine rings is 1. The predicted octanol–water partition coefficient (Wildman–Crippen LogP) is 3.36. The molecule has 2 aromatic heterocycles. The van der Waals surface area contributed by atoms with Gasteiger partial charge in [0, 0.05) is 37.4 Å². The standard InChI is InChI=1S/C26H27ClN4O4/c1-16-4-3-9-30-21(17(2)28-25(16)30)23(32)20-22(18-5-7-19(27)8-6-18)31(26(34)24(20)33)11-10-29-12-14-35-15-13-29/h3-9,22,32H,10-15H2,1-2H3/b23-20+/t22-/m0/s1. The Bertz CT molecular complexity index is 1330. The number of aryl methyl sites for hydroxylation is 2. The molecule has 0 aliphatic carbocycles. The number of pyridine rings is 1. The third-order valence-electron chi connectivity index (χ3n) is 6.73. The summed E-state index contributed by atoms with van der Waals surface area (Å²) in [7, 11) is 0. The molecular weight excluding hydrogens is 468 g/mol. The monoisotopic (exact) mass is 494 g/mol. The Morgan fingerprint density at radius 3 is 2.54 bits per heavy atom. The van der Waals surface area contributed by atoms with Crippen LogP contribution in [0, 0.1) is 13.8 Å². The first kappa shape index (κ1) is 23.5. The molecule has 2 saturated heterocycles. The van der Waals surface area contributed by atoms with Crippen molar-refractivity contribution in [3.8, 4) is 0 Å². The molecule has 2 fully saturated rings. The number of halogens is 1. The molecule has 9 heteroatoms. The summed E-state index contributed by atoms with van der Waals surface area (Å²) in [6.45, 7) is 7.51. The molecule has 8 nitrogen and oxygen atoms in total. The number of likely N-dealkylation sites (tertiary alicyclic amines) is 1. The van der Waals surface area contributed by atoms with Crippen LogP contribution in [-0.4, -0.2) is 75.4 Å². The number of ether oxygens (including phenoxy) is 1. The van der Waals surface area contributed by atoms with Gasteiger partial charge in [0.1, 0.15) is 11.3 Å². The molecule has 182 valence electrons. The lowest BCUT2D eigenvalue weighted by Crippen LogP contribution is -2.42. The molecule has 1 amide bonds. The van der Waals surface area contributed by atoms with E-state index in [1.807, 2.05) is 19.1 Å². The van der Waals surface area contributed by atoms with Crippen LogP contribution in [0.2, 0.25) is 5.02 Å². The van der Waals surface area contributed by atoms with E-state index >= 15 is 0 Å². The zero-order valence-corrected chi connectivity index (χ0v) is 20.5. The quantitative estimate of drug-likeness (QED) is 0.332. The number of aliphatic hydroxyl groups is 1. The topological polar surface area (TPSA) is 87.4 Å². The van der Waals surface area contributed by atoms with Crippen molar-refractivity contribution in [3.63, 3.8) is 0 Å². The first-order valence-corrected chi connectivity index (χ1v) is 12.0. The maximum atomic E-state index is 13.4. The summed E-state index contributed by atoms with van der Waals surface area (Å²) in [6, 6.07) is 10.1. The van der Waals surface area contributed by atoms with Crippen LogP contribution in [-0.2, 0) is 14.3 Å². The van der Waals surface area contributed by atoms with Crippen molar-refractivity contribution in [2.75, 3.05) is 39.4 Å². The number of aliphatic hydroxyl groups excluding tert-OH is 1. The first-order chi connectivity index (χ1) is 16.9. The van der Waals surface area contributed by atoms with Gasteiger partial charge in [0.2, 0.25) is 0 Å². The van der Waals surface area contributed by atoms with Crippen LogP contribution < -0.4 is 0 Å². The molecule has 0 saturated carbocycles. The molecule has 5 rings (SSSR count). The summed E-state index contributed by atoms with van der Waals surface area (Å²) >= 11 is 6.12. The molecule has 1 atom stereocenters. The summed E-state index contributed by atoms with van der Waals surface area (Å²) < 4.78 is 7.18. The van der Waals surface area contributed by atoms with E-state index in [1.165, 1.54) is 0 Å². The first-order valence-electron chi connectivity index (χ1n) is 11.7. The Labute approximate surface area is 208 Å². The van der Waals surface area contributed by atoms with Crippen molar-refractivity contribution in [1.29, 1.82) is 0 Å². The highest BCUT2D eigenvalue weighted by molar-refractivity contribution is 6.46. The highest BCUT2D eigenvalue weighted by atomic mass is 35.5. The van der Waals surface area contributed by atoms with Gasteiger partial charge in [0.25, 0.3) is 11.7 Å². The van der Waals surface area contributed by atoms with Crippen LogP contribution in [0.3, 0.4) is 0 Å². The maximum Gasteiger partial charge on any atom is 0.295 e. The van der Waals surface area contributed by atoms with E-state index in [0.29, 0.717) is 53.9 Å². The number of ketones is 1. The Kier molecular flexibility index (Phi) is 6.35. The Morgan fingerprint density at radius 1 is 1.11 bits per heavy atom. The summed E-state index contributed by atoms with van der Waals surface area (Å²) in [5, 5.41) is 12.1. The lowest BCUT2D eigenvalue weighted by molar-refractivity contribution is -0.140. The molecule has 0 spiro atoms. The van der Waals surface area contributed by atoms with Crippen LogP contribution in [0.5, 0.6) is 0 Å². The number of rotatable bonds is 5. The number of hydrogen-bond donors (Lipinski definition) is 1. The number of carbonyl (C=O) groups is 2. The summed E-state index contributed by atoms with van der Waals surface area (Å²) in [4.78, 5) is 35.0. The van der Waals surface area contributed by atoms with E-state index in [9.17, 15) is 14.7 Å². The SMILES string of the molecule is Cc1nc2c(C)cccn2c1/C(O)=C1\C(=O)C(=O)N(CCN2CCOCC2)[C@H]1c1ccc(Cl)cc1. The van der Waals surface area contributed by atoms with Gasteiger partial charge in [-0.3, -0.25) is 18.9 Å². The largest absolute Gasteiger partial charge is 0.505 e. The third-order valence-corrected chi connectivity index (χ3v) is 6.98. The average Bonchev–Trinajstić information content (AvgIpc) is 3.33. The molecule has 2 aliphatic heterocycles. The number of aromatic nitrogens is 2. The fourth-order valence-corrected chi connectivity index (χ4v) is 5.03. The zero-order chi connectivity index (χ0) is 24.7. The summed E-state index contributed by atoms with van der Waals surface area (Å²) in [6.07, 6.45) is 1.79. The fraction of sp³-hybridized carbons (Fsp3) is 0.346.